The number of benzene rings is 1. The Morgan fingerprint density at radius 3 is 2.76 bits per heavy atom. The summed E-state index contributed by atoms with van der Waals surface area (Å²) in [7, 11) is 0. The molecule has 0 aliphatic carbocycles. The molecule has 2 heterocycles. The fourth-order valence-corrected chi connectivity index (χ4v) is 2.72. The van der Waals surface area contributed by atoms with Crippen LogP contribution in [0.25, 0.3) is 11.0 Å². The Hall–Kier alpha value is -1.85. The molecule has 1 aromatic carbocycles. The van der Waals surface area contributed by atoms with E-state index in [9.17, 15) is 0 Å². The number of pyridine rings is 1. The van der Waals surface area contributed by atoms with Gasteiger partial charge in [-0.2, -0.15) is 0 Å². The van der Waals surface area contributed by atoms with Crippen molar-refractivity contribution in [3.8, 4) is 0 Å². The number of H-pyrrole nitrogens is 1. The van der Waals surface area contributed by atoms with Gasteiger partial charge in [0.05, 0.1) is 11.0 Å². The molecular weight excluding hydrogens is 280 g/mol. The van der Waals surface area contributed by atoms with Crippen molar-refractivity contribution in [1.29, 1.82) is 0 Å². The highest BCUT2D eigenvalue weighted by Gasteiger charge is 2.05. The third kappa shape index (κ3) is 3.62. The molecule has 2 aromatic heterocycles. The topological polar surface area (TPSA) is 53.6 Å². The molecule has 3 aromatic rings. The maximum absolute atomic E-state index is 4.55. The smallest absolute Gasteiger partial charge is 0.172 e. The molecule has 5 heteroatoms. The monoisotopic (exact) mass is 298 g/mol. The largest absolute Gasteiger partial charge is 0.333 e. The third-order valence-corrected chi connectivity index (χ3v) is 3.92. The van der Waals surface area contributed by atoms with Crippen LogP contribution < -0.4 is 5.32 Å². The second kappa shape index (κ2) is 6.28. The van der Waals surface area contributed by atoms with Crippen LogP contribution in [0.1, 0.15) is 19.4 Å². The molecule has 0 bridgehead atoms. The fraction of sp³-hybridized carbons (Fsp3) is 0.250. The summed E-state index contributed by atoms with van der Waals surface area (Å²) in [6, 6.07) is 12.7. The maximum Gasteiger partial charge on any atom is 0.172 e. The normalized spacial score (nSPS) is 11.4. The lowest BCUT2D eigenvalue weighted by molar-refractivity contribution is 0.587. The van der Waals surface area contributed by atoms with Gasteiger partial charge >= 0.3 is 0 Å². The molecule has 0 spiro atoms. The van der Waals surface area contributed by atoms with Crippen molar-refractivity contribution in [2.45, 2.75) is 36.6 Å². The lowest BCUT2D eigenvalue weighted by Crippen LogP contribution is -2.21. The second-order valence-electron chi connectivity index (χ2n) is 5.20. The summed E-state index contributed by atoms with van der Waals surface area (Å²) in [5.41, 5.74) is 3.23. The number of imidazole rings is 1. The first-order valence-electron chi connectivity index (χ1n) is 7.01. The summed E-state index contributed by atoms with van der Waals surface area (Å²) in [6.07, 6.45) is 1.92. The number of para-hydroxylation sites is 2. The van der Waals surface area contributed by atoms with Crippen LogP contribution in [0, 0.1) is 0 Å². The average Bonchev–Trinajstić information content (AvgIpc) is 2.88. The van der Waals surface area contributed by atoms with Gasteiger partial charge in [-0.25, -0.2) is 9.97 Å². The molecule has 0 amide bonds. The van der Waals surface area contributed by atoms with Gasteiger partial charge in [0, 0.05) is 18.8 Å². The number of nitrogens with zero attached hydrogens (tertiary/aromatic N) is 2. The third-order valence-electron chi connectivity index (χ3n) is 3.08. The fourth-order valence-electron chi connectivity index (χ4n) is 1.97. The van der Waals surface area contributed by atoms with Gasteiger partial charge in [-0.1, -0.05) is 32.0 Å². The number of aromatic nitrogens is 3. The number of nitrogens with one attached hydrogen (secondary N) is 2. The standard InChI is InChI=1S/C16H18N4S/c1-11(2)17-9-12-7-8-15(18-10-12)21-16-19-13-5-3-4-6-14(13)20-16/h3-8,10-11,17H,9H2,1-2H3,(H,19,20). The molecule has 4 nitrogen and oxygen atoms in total. The van der Waals surface area contributed by atoms with Gasteiger partial charge in [0.2, 0.25) is 0 Å². The SMILES string of the molecule is CC(C)NCc1ccc(Sc2nc3ccccc3[nH]2)nc1. The van der Waals surface area contributed by atoms with E-state index < -0.39 is 0 Å². The summed E-state index contributed by atoms with van der Waals surface area (Å²) in [5.74, 6) is 0. The second-order valence-corrected chi connectivity index (χ2v) is 6.21. The molecule has 0 aliphatic rings. The number of rotatable bonds is 5. The minimum absolute atomic E-state index is 0.481. The van der Waals surface area contributed by atoms with E-state index >= 15 is 0 Å². The van der Waals surface area contributed by atoms with Crippen molar-refractivity contribution in [2.75, 3.05) is 0 Å². The predicted octanol–water partition coefficient (Wildman–Crippen LogP) is 3.61. The van der Waals surface area contributed by atoms with Crippen molar-refractivity contribution in [2.24, 2.45) is 0 Å². The first-order chi connectivity index (χ1) is 10.2. The predicted molar refractivity (Wildman–Crippen MR) is 86.4 cm³/mol. The van der Waals surface area contributed by atoms with E-state index in [-0.39, 0.29) is 0 Å². The van der Waals surface area contributed by atoms with Crippen molar-refractivity contribution in [1.82, 2.24) is 20.3 Å². The molecule has 0 saturated heterocycles. The van der Waals surface area contributed by atoms with Crippen LogP contribution in [-0.4, -0.2) is 21.0 Å². The van der Waals surface area contributed by atoms with Crippen LogP contribution in [0.2, 0.25) is 0 Å². The van der Waals surface area contributed by atoms with Crippen LogP contribution in [0.15, 0.2) is 52.8 Å². The lowest BCUT2D eigenvalue weighted by atomic mass is 10.2. The van der Waals surface area contributed by atoms with Crippen LogP contribution in [0.3, 0.4) is 0 Å². The van der Waals surface area contributed by atoms with Crippen LogP contribution in [-0.2, 0) is 6.54 Å². The first kappa shape index (κ1) is 14.1. The Balaban J connectivity index is 1.69. The zero-order chi connectivity index (χ0) is 14.7. The van der Waals surface area contributed by atoms with E-state index in [2.05, 4.69) is 40.2 Å². The van der Waals surface area contributed by atoms with Crippen LogP contribution >= 0.6 is 11.8 Å². The summed E-state index contributed by atoms with van der Waals surface area (Å²) in [6.45, 7) is 5.12. The van der Waals surface area contributed by atoms with Gasteiger partial charge in [0.15, 0.2) is 5.16 Å². The van der Waals surface area contributed by atoms with Gasteiger partial charge in [0.1, 0.15) is 5.03 Å². The van der Waals surface area contributed by atoms with Gasteiger partial charge in [-0.3, -0.25) is 0 Å². The molecule has 21 heavy (non-hydrogen) atoms. The molecule has 2 N–H and O–H groups in total. The minimum Gasteiger partial charge on any atom is -0.333 e. The number of fused-ring (bicyclic) bond motifs is 1. The van der Waals surface area contributed by atoms with Crippen molar-refractivity contribution in [3.63, 3.8) is 0 Å². The number of hydrogen-bond acceptors (Lipinski definition) is 4. The molecule has 0 unspecified atom stereocenters. The van der Waals surface area contributed by atoms with Gasteiger partial charge in [-0.15, -0.1) is 0 Å². The zero-order valence-corrected chi connectivity index (χ0v) is 12.9. The highest BCUT2D eigenvalue weighted by Crippen LogP contribution is 2.25. The minimum atomic E-state index is 0.481. The van der Waals surface area contributed by atoms with Gasteiger partial charge in [0.25, 0.3) is 0 Å². The summed E-state index contributed by atoms with van der Waals surface area (Å²) >= 11 is 1.55. The molecule has 0 fully saturated rings. The zero-order valence-electron chi connectivity index (χ0n) is 12.1. The van der Waals surface area contributed by atoms with E-state index in [1.165, 1.54) is 5.56 Å². The quantitative estimate of drug-likeness (QED) is 0.755. The lowest BCUT2D eigenvalue weighted by Gasteiger charge is -2.07. The molecule has 0 aliphatic heterocycles. The summed E-state index contributed by atoms with van der Waals surface area (Å²) in [5, 5.41) is 5.20. The Morgan fingerprint density at radius 1 is 1.19 bits per heavy atom. The summed E-state index contributed by atoms with van der Waals surface area (Å²) in [4.78, 5) is 12.3. The Kier molecular flexibility index (Phi) is 4.22. The van der Waals surface area contributed by atoms with E-state index in [0.717, 1.165) is 27.8 Å². The number of hydrogen-bond donors (Lipinski definition) is 2. The highest BCUT2D eigenvalue weighted by molar-refractivity contribution is 7.99. The number of aromatic amines is 1. The molecule has 0 radical (unpaired) electrons. The molecule has 3 rings (SSSR count). The maximum atomic E-state index is 4.55. The van der Waals surface area contributed by atoms with E-state index in [4.69, 9.17) is 0 Å². The Bertz CT molecular complexity index is 685. The van der Waals surface area contributed by atoms with Crippen molar-refractivity contribution < 1.29 is 0 Å². The van der Waals surface area contributed by atoms with Crippen LogP contribution in [0.5, 0.6) is 0 Å². The molecule has 0 saturated carbocycles. The van der Waals surface area contributed by atoms with Crippen molar-refractivity contribution in [3.05, 3.63) is 48.2 Å². The molecule has 108 valence electrons. The Labute approximate surface area is 128 Å². The average molecular weight is 298 g/mol. The van der Waals surface area contributed by atoms with Crippen molar-refractivity contribution >= 4 is 22.8 Å². The summed E-state index contributed by atoms with van der Waals surface area (Å²) < 4.78 is 0. The molecule has 0 atom stereocenters. The first-order valence-corrected chi connectivity index (χ1v) is 7.83. The van der Waals surface area contributed by atoms with E-state index in [1.807, 2.05) is 36.5 Å². The Morgan fingerprint density at radius 2 is 2.05 bits per heavy atom. The van der Waals surface area contributed by atoms with Crippen LogP contribution in [0.4, 0.5) is 0 Å². The highest BCUT2D eigenvalue weighted by atomic mass is 32.2. The van der Waals surface area contributed by atoms with Gasteiger partial charge < -0.3 is 10.3 Å². The van der Waals surface area contributed by atoms with E-state index in [0.29, 0.717) is 6.04 Å². The van der Waals surface area contributed by atoms with Gasteiger partial charge in [-0.05, 0) is 35.5 Å². The van der Waals surface area contributed by atoms with E-state index in [1.54, 1.807) is 11.8 Å². The molecular formula is C16H18N4S.